The second kappa shape index (κ2) is 5.69. The van der Waals surface area contributed by atoms with Crippen molar-refractivity contribution in [1.29, 1.82) is 0 Å². The fourth-order valence-electron chi connectivity index (χ4n) is 2.29. The Morgan fingerprint density at radius 1 is 1.35 bits per heavy atom. The van der Waals surface area contributed by atoms with Crippen molar-refractivity contribution >= 4 is 33.5 Å². The van der Waals surface area contributed by atoms with Gasteiger partial charge in [-0.15, -0.1) is 12.4 Å². The number of benzene rings is 1. The van der Waals surface area contributed by atoms with Crippen molar-refractivity contribution in [3.05, 3.63) is 24.3 Å². The number of rotatable bonds is 2. The first kappa shape index (κ1) is 15.2. The molecule has 1 unspecified atom stereocenters. The van der Waals surface area contributed by atoms with E-state index in [1.807, 2.05) is 25.1 Å². The smallest absolute Gasteiger partial charge is 0.276 e. The summed E-state index contributed by atoms with van der Waals surface area (Å²) in [6.45, 7) is 3.59. The van der Waals surface area contributed by atoms with Gasteiger partial charge in [-0.3, -0.25) is 0 Å². The molecule has 0 bridgehead atoms. The van der Waals surface area contributed by atoms with Crippen LogP contribution in [0.2, 0.25) is 0 Å². The summed E-state index contributed by atoms with van der Waals surface area (Å²) in [4.78, 5) is 7.07. The highest BCUT2D eigenvalue weighted by Gasteiger charge is 2.30. The third-order valence-corrected chi connectivity index (χ3v) is 4.98. The van der Waals surface area contributed by atoms with Crippen LogP contribution in [0.4, 0.5) is 0 Å². The molecule has 20 heavy (non-hydrogen) atoms. The second-order valence-corrected chi connectivity index (χ2v) is 6.63. The normalized spacial score (nSPS) is 20.8. The summed E-state index contributed by atoms with van der Waals surface area (Å²) < 4.78 is 26.5. The molecule has 1 aliphatic heterocycles. The molecule has 2 heterocycles. The molecule has 1 aromatic heterocycles. The molecule has 0 spiro atoms. The fraction of sp³-hybridized carbons (Fsp3) is 0.417. The van der Waals surface area contributed by atoms with Crippen molar-refractivity contribution in [2.24, 2.45) is 0 Å². The van der Waals surface area contributed by atoms with Crippen LogP contribution in [0, 0.1) is 0 Å². The minimum absolute atomic E-state index is 0. The maximum atomic E-state index is 12.5. The van der Waals surface area contributed by atoms with Crippen molar-refractivity contribution < 1.29 is 8.42 Å². The summed E-state index contributed by atoms with van der Waals surface area (Å²) in [6, 6.07) is 7.47. The number of para-hydroxylation sites is 2. The molecule has 2 aromatic rings. The molecule has 2 N–H and O–H groups in total. The largest absolute Gasteiger partial charge is 0.328 e. The molecular weight excluding hydrogens is 300 g/mol. The van der Waals surface area contributed by atoms with Gasteiger partial charge in [-0.1, -0.05) is 12.1 Å². The van der Waals surface area contributed by atoms with Crippen LogP contribution in [-0.4, -0.2) is 48.4 Å². The minimum atomic E-state index is -3.53. The van der Waals surface area contributed by atoms with Crippen LogP contribution in [0.3, 0.4) is 0 Å². The Bertz CT molecular complexity index is 667. The predicted molar refractivity (Wildman–Crippen MR) is 79.6 cm³/mol. The minimum Gasteiger partial charge on any atom is -0.328 e. The van der Waals surface area contributed by atoms with Crippen LogP contribution in [0.25, 0.3) is 11.0 Å². The molecular formula is C12H17ClN4O2S. The number of aromatic amines is 1. The van der Waals surface area contributed by atoms with E-state index in [0.29, 0.717) is 25.2 Å². The Morgan fingerprint density at radius 3 is 2.80 bits per heavy atom. The van der Waals surface area contributed by atoms with E-state index in [4.69, 9.17) is 0 Å². The van der Waals surface area contributed by atoms with Gasteiger partial charge in [0.05, 0.1) is 11.0 Å². The number of imidazole rings is 1. The zero-order chi connectivity index (χ0) is 13.5. The van der Waals surface area contributed by atoms with E-state index in [-0.39, 0.29) is 23.6 Å². The van der Waals surface area contributed by atoms with Crippen molar-refractivity contribution in [3.8, 4) is 0 Å². The van der Waals surface area contributed by atoms with Crippen LogP contribution in [0.15, 0.2) is 29.4 Å². The van der Waals surface area contributed by atoms with Gasteiger partial charge in [0.15, 0.2) is 0 Å². The standard InChI is InChI=1S/C12H16N4O2S.ClH/c1-9-8-16(7-6-13-9)19(17,18)12-14-10-4-2-3-5-11(10)15-12;/h2-5,9,13H,6-8H2,1H3,(H,14,15);1H. The van der Waals surface area contributed by atoms with E-state index in [2.05, 4.69) is 15.3 Å². The number of aromatic nitrogens is 2. The summed E-state index contributed by atoms with van der Waals surface area (Å²) in [5, 5.41) is 3.26. The van der Waals surface area contributed by atoms with Gasteiger partial charge in [0.1, 0.15) is 0 Å². The zero-order valence-electron chi connectivity index (χ0n) is 11.0. The summed E-state index contributed by atoms with van der Waals surface area (Å²) >= 11 is 0. The molecule has 8 heteroatoms. The van der Waals surface area contributed by atoms with Crippen molar-refractivity contribution in [2.75, 3.05) is 19.6 Å². The Morgan fingerprint density at radius 2 is 2.10 bits per heavy atom. The van der Waals surface area contributed by atoms with Crippen molar-refractivity contribution in [1.82, 2.24) is 19.6 Å². The van der Waals surface area contributed by atoms with E-state index >= 15 is 0 Å². The average molecular weight is 317 g/mol. The highest BCUT2D eigenvalue weighted by atomic mass is 35.5. The summed E-state index contributed by atoms with van der Waals surface area (Å²) in [7, 11) is -3.53. The van der Waals surface area contributed by atoms with E-state index in [1.54, 1.807) is 6.07 Å². The number of sulfonamides is 1. The van der Waals surface area contributed by atoms with Gasteiger partial charge in [0, 0.05) is 25.7 Å². The number of piperazine rings is 1. The number of hydrogen-bond donors (Lipinski definition) is 2. The summed E-state index contributed by atoms with van der Waals surface area (Å²) in [5.74, 6) is 0. The quantitative estimate of drug-likeness (QED) is 0.865. The number of fused-ring (bicyclic) bond motifs is 1. The maximum Gasteiger partial charge on any atom is 0.276 e. The molecule has 1 fully saturated rings. The zero-order valence-corrected chi connectivity index (χ0v) is 12.7. The van der Waals surface area contributed by atoms with E-state index in [9.17, 15) is 8.42 Å². The second-order valence-electron chi connectivity index (χ2n) is 4.78. The SMILES string of the molecule is CC1CN(S(=O)(=O)c2nc3ccccc3[nH]2)CCN1.Cl. The number of halogens is 1. The Kier molecular flexibility index (Phi) is 4.33. The molecule has 0 amide bonds. The topological polar surface area (TPSA) is 78.1 Å². The van der Waals surface area contributed by atoms with Gasteiger partial charge in [-0.05, 0) is 19.1 Å². The van der Waals surface area contributed by atoms with E-state index < -0.39 is 10.0 Å². The fourth-order valence-corrected chi connectivity index (χ4v) is 3.74. The molecule has 110 valence electrons. The first-order valence-electron chi connectivity index (χ1n) is 6.25. The Balaban J connectivity index is 0.00000147. The van der Waals surface area contributed by atoms with Crippen molar-refractivity contribution in [3.63, 3.8) is 0 Å². The lowest BCUT2D eigenvalue weighted by molar-refractivity contribution is 0.308. The third-order valence-electron chi connectivity index (χ3n) is 3.28. The summed E-state index contributed by atoms with van der Waals surface area (Å²) in [6.07, 6.45) is 0. The third kappa shape index (κ3) is 2.67. The number of hydrogen-bond acceptors (Lipinski definition) is 4. The molecule has 1 aromatic carbocycles. The van der Waals surface area contributed by atoms with Crippen LogP contribution < -0.4 is 5.32 Å². The van der Waals surface area contributed by atoms with E-state index in [0.717, 1.165) is 5.52 Å². The number of nitrogens with zero attached hydrogens (tertiary/aromatic N) is 2. The van der Waals surface area contributed by atoms with Crippen LogP contribution in [-0.2, 0) is 10.0 Å². The number of nitrogens with one attached hydrogen (secondary N) is 2. The van der Waals surface area contributed by atoms with Gasteiger partial charge in [0.25, 0.3) is 10.0 Å². The Labute approximate surface area is 124 Å². The lowest BCUT2D eigenvalue weighted by atomic mass is 10.3. The molecule has 1 aliphatic rings. The van der Waals surface area contributed by atoms with Gasteiger partial charge in [0.2, 0.25) is 5.16 Å². The highest BCUT2D eigenvalue weighted by Crippen LogP contribution is 2.18. The monoisotopic (exact) mass is 316 g/mol. The molecule has 0 saturated carbocycles. The van der Waals surface area contributed by atoms with Gasteiger partial charge in [-0.25, -0.2) is 13.4 Å². The molecule has 6 nitrogen and oxygen atoms in total. The van der Waals surface area contributed by atoms with Crippen molar-refractivity contribution in [2.45, 2.75) is 18.1 Å². The highest BCUT2D eigenvalue weighted by molar-refractivity contribution is 7.89. The summed E-state index contributed by atoms with van der Waals surface area (Å²) in [5.41, 5.74) is 1.41. The van der Waals surface area contributed by atoms with Crippen LogP contribution >= 0.6 is 12.4 Å². The van der Waals surface area contributed by atoms with Crippen LogP contribution in [0.5, 0.6) is 0 Å². The molecule has 3 rings (SSSR count). The molecule has 1 atom stereocenters. The first-order chi connectivity index (χ1) is 9.07. The molecule has 1 saturated heterocycles. The molecule has 0 radical (unpaired) electrons. The van der Waals surface area contributed by atoms with E-state index in [1.165, 1.54) is 4.31 Å². The van der Waals surface area contributed by atoms with Crippen LogP contribution in [0.1, 0.15) is 6.92 Å². The maximum absolute atomic E-state index is 12.5. The van der Waals surface area contributed by atoms with Gasteiger partial charge < -0.3 is 10.3 Å². The van der Waals surface area contributed by atoms with Gasteiger partial charge >= 0.3 is 0 Å². The first-order valence-corrected chi connectivity index (χ1v) is 7.69. The predicted octanol–water partition coefficient (Wildman–Crippen LogP) is 0.967. The number of H-pyrrole nitrogens is 1. The lowest BCUT2D eigenvalue weighted by Gasteiger charge is -2.30. The van der Waals surface area contributed by atoms with Gasteiger partial charge in [-0.2, -0.15) is 4.31 Å². The Hall–Kier alpha value is -1.15. The average Bonchev–Trinajstić information content (AvgIpc) is 2.83. The lowest BCUT2D eigenvalue weighted by Crippen LogP contribution is -2.51. The molecule has 0 aliphatic carbocycles.